The molecular formula is C72H48N2. The van der Waals surface area contributed by atoms with Crippen LogP contribution in [0.2, 0.25) is 0 Å². The SMILES string of the molecule is c1ccc(-c2ccc(-n3c4ccccc4c4cc(-c5ccc6c(c5)c5ccccc5n6-c5ccc(-c6ccc(-c7cccc(-c8cccc(-c9ccccc9-c9ccccc9)c8)c7)cc6)cc5)ccc43)cc2)cc1. The predicted molar refractivity (Wildman–Crippen MR) is 313 cm³/mol. The van der Waals surface area contributed by atoms with Crippen molar-refractivity contribution in [2.75, 3.05) is 0 Å². The van der Waals surface area contributed by atoms with Crippen LogP contribution in [0.25, 0.3) is 133 Å². The van der Waals surface area contributed by atoms with Gasteiger partial charge in [-0.2, -0.15) is 0 Å². The first kappa shape index (κ1) is 43.1. The lowest BCUT2D eigenvalue weighted by atomic mass is 9.92. The molecule has 0 saturated carbocycles. The number of nitrogens with zero attached hydrogens (tertiary/aromatic N) is 2. The smallest absolute Gasteiger partial charge is 0.0541 e. The first-order chi connectivity index (χ1) is 36.7. The van der Waals surface area contributed by atoms with E-state index in [0.29, 0.717) is 0 Å². The molecule has 0 fully saturated rings. The minimum Gasteiger partial charge on any atom is -0.309 e. The van der Waals surface area contributed by atoms with Gasteiger partial charge in [-0.25, -0.2) is 0 Å². The van der Waals surface area contributed by atoms with E-state index in [4.69, 9.17) is 0 Å². The van der Waals surface area contributed by atoms with E-state index in [2.05, 4.69) is 300 Å². The van der Waals surface area contributed by atoms with Crippen LogP contribution in [0.4, 0.5) is 0 Å². The minimum atomic E-state index is 1.14. The van der Waals surface area contributed by atoms with E-state index in [1.54, 1.807) is 0 Å². The minimum absolute atomic E-state index is 1.14. The second-order valence-corrected chi connectivity index (χ2v) is 19.3. The highest BCUT2D eigenvalue weighted by Crippen LogP contribution is 2.40. The van der Waals surface area contributed by atoms with Gasteiger partial charge in [0.1, 0.15) is 0 Å². The summed E-state index contributed by atoms with van der Waals surface area (Å²) < 4.78 is 4.81. The molecule has 0 radical (unpaired) electrons. The standard InChI is InChI=1S/C72H48N2/c1-3-15-49(16-4-1)51-33-39-61(40-34-51)73-69-27-11-9-25-65(69)67-47-58(37-43-71(67)73)59-38-44-72-68(48-59)66-26-10-12-28-70(66)74(72)62-41-35-52(36-42-62)50-29-31-53(32-30-50)55-19-13-20-56(45-55)57-21-14-22-60(46-57)64-24-8-7-23-63(64)54-17-5-2-6-18-54/h1-48H. The molecule has 2 heteroatoms. The summed E-state index contributed by atoms with van der Waals surface area (Å²) in [6.07, 6.45) is 0. The predicted octanol–water partition coefficient (Wildman–Crippen LogP) is 19.5. The van der Waals surface area contributed by atoms with Crippen LogP contribution in [-0.4, -0.2) is 9.13 Å². The molecule has 0 spiro atoms. The average molecular weight is 941 g/mol. The molecule has 0 aliphatic carbocycles. The maximum atomic E-state index is 2.41. The Morgan fingerprint density at radius 1 is 0.162 bits per heavy atom. The van der Waals surface area contributed by atoms with Crippen LogP contribution in [0.5, 0.6) is 0 Å². The van der Waals surface area contributed by atoms with Crippen molar-refractivity contribution in [1.82, 2.24) is 9.13 Å². The van der Waals surface area contributed by atoms with Gasteiger partial charge in [0.2, 0.25) is 0 Å². The van der Waals surface area contributed by atoms with Crippen LogP contribution in [0, 0.1) is 0 Å². The Bertz CT molecular complexity index is 4370. The Hall–Kier alpha value is -9.76. The summed E-state index contributed by atoms with van der Waals surface area (Å²) in [4.78, 5) is 0. The van der Waals surface area contributed by atoms with E-state index in [0.717, 1.165) is 11.4 Å². The molecule has 2 nitrogen and oxygen atoms in total. The molecular weight excluding hydrogens is 893 g/mol. The van der Waals surface area contributed by atoms with E-state index in [-0.39, 0.29) is 0 Å². The van der Waals surface area contributed by atoms with Gasteiger partial charge in [0.15, 0.2) is 0 Å². The molecule has 2 heterocycles. The van der Waals surface area contributed by atoms with Crippen molar-refractivity contribution in [2.24, 2.45) is 0 Å². The largest absolute Gasteiger partial charge is 0.309 e. The molecule has 2 aromatic heterocycles. The van der Waals surface area contributed by atoms with E-state index < -0.39 is 0 Å². The van der Waals surface area contributed by atoms with E-state index >= 15 is 0 Å². The molecule has 0 bridgehead atoms. The number of fused-ring (bicyclic) bond motifs is 6. The molecule has 74 heavy (non-hydrogen) atoms. The van der Waals surface area contributed by atoms with Gasteiger partial charge < -0.3 is 9.13 Å². The fourth-order valence-corrected chi connectivity index (χ4v) is 11.3. The van der Waals surface area contributed by atoms with Crippen molar-refractivity contribution in [3.63, 3.8) is 0 Å². The Morgan fingerprint density at radius 2 is 0.459 bits per heavy atom. The Morgan fingerprint density at radius 3 is 0.959 bits per heavy atom. The van der Waals surface area contributed by atoms with Crippen LogP contribution in [-0.2, 0) is 0 Å². The van der Waals surface area contributed by atoms with Crippen LogP contribution in [0.15, 0.2) is 291 Å². The first-order valence-electron chi connectivity index (χ1n) is 25.5. The third-order valence-electron chi connectivity index (χ3n) is 15.0. The summed E-state index contributed by atoms with van der Waals surface area (Å²) in [6.45, 7) is 0. The first-order valence-corrected chi connectivity index (χ1v) is 25.5. The monoisotopic (exact) mass is 940 g/mol. The van der Waals surface area contributed by atoms with Crippen molar-refractivity contribution in [3.8, 4) is 89.3 Å². The number of hydrogen-bond donors (Lipinski definition) is 0. The molecule has 0 N–H and O–H groups in total. The lowest BCUT2D eigenvalue weighted by Gasteiger charge is -2.12. The second-order valence-electron chi connectivity index (χ2n) is 19.3. The Labute approximate surface area is 431 Å². The quantitative estimate of drug-likeness (QED) is 0.136. The zero-order valence-electron chi connectivity index (χ0n) is 40.6. The van der Waals surface area contributed by atoms with Gasteiger partial charge in [-0.1, -0.05) is 218 Å². The third-order valence-corrected chi connectivity index (χ3v) is 15.0. The normalized spacial score (nSPS) is 11.5. The topological polar surface area (TPSA) is 9.86 Å². The Kier molecular flexibility index (Phi) is 10.6. The molecule has 346 valence electrons. The van der Waals surface area contributed by atoms with Crippen molar-refractivity contribution in [2.45, 2.75) is 0 Å². The number of rotatable bonds is 9. The molecule has 0 atom stereocenters. The van der Waals surface area contributed by atoms with Crippen molar-refractivity contribution < 1.29 is 0 Å². The zero-order valence-corrected chi connectivity index (χ0v) is 40.6. The molecule has 0 saturated heterocycles. The van der Waals surface area contributed by atoms with Gasteiger partial charge in [0, 0.05) is 32.9 Å². The van der Waals surface area contributed by atoms with Crippen molar-refractivity contribution in [3.05, 3.63) is 291 Å². The van der Waals surface area contributed by atoms with Crippen LogP contribution < -0.4 is 0 Å². The van der Waals surface area contributed by atoms with Gasteiger partial charge in [0.05, 0.1) is 22.1 Å². The molecule has 0 aliphatic heterocycles. The van der Waals surface area contributed by atoms with E-state index in [1.165, 1.54) is 122 Å². The number of para-hydroxylation sites is 2. The fraction of sp³-hybridized carbons (Fsp3) is 0. The molecule has 14 aromatic rings. The van der Waals surface area contributed by atoms with Gasteiger partial charge >= 0.3 is 0 Å². The molecule has 14 rings (SSSR count). The molecule has 12 aromatic carbocycles. The summed E-state index contributed by atoms with van der Waals surface area (Å²) in [5, 5.41) is 4.98. The van der Waals surface area contributed by atoms with Gasteiger partial charge in [0.25, 0.3) is 0 Å². The number of benzene rings is 12. The second kappa shape index (κ2) is 18.1. The van der Waals surface area contributed by atoms with Gasteiger partial charge in [-0.05, 0) is 151 Å². The summed E-state index contributed by atoms with van der Waals surface area (Å²) in [5.74, 6) is 0. The summed E-state index contributed by atoms with van der Waals surface area (Å²) in [7, 11) is 0. The van der Waals surface area contributed by atoms with Crippen molar-refractivity contribution >= 4 is 43.6 Å². The lowest BCUT2D eigenvalue weighted by Crippen LogP contribution is -1.94. The van der Waals surface area contributed by atoms with Crippen LogP contribution in [0.3, 0.4) is 0 Å². The molecule has 0 amide bonds. The van der Waals surface area contributed by atoms with Crippen molar-refractivity contribution in [1.29, 1.82) is 0 Å². The zero-order chi connectivity index (χ0) is 49.0. The van der Waals surface area contributed by atoms with Gasteiger partial charge in [-0.3, -0.25) is 0 Å². The maximum absolute atomic E-state index is 2.41. The number of aromatic nitrogens is 2. The fourth-order valence-electron chi connectivity index (χ4n) is 11.3. The lowest BCUT2D eigenvalue weighted by molar-refractivity contribution is 1.18. The summed E-state index contributed by atoms with van der Waals surface area (Å²) >= 11 is 0. The maximum Gasteiger partial charge on any atom is 0.0541 e. The van der Waals surface area contributed by atoms with Crippen LogP contribution >= 0.6 is 0 Å². The molecule has 0 unspecified atom stereocenters. The van der Waals surface area contributed by atoms with E-state index in [1.807, 2.05) is 0 Å². The highest BCUT2D eigenvalue weighted by Gasteiger charge is 2.17. The number of hydrogen-bond acceptors (Lipinski definition) is 0. The third kappa shape index (κ3) is 7.60. The summed E-state index contributed by atoms with van der Waals surface area (Å²) in [6, 6.07) is 106. The average Bonchev–Trinajstić information content (AvgIpc) is 4.00. The highest BCUT2D eigenvalue weighted by atomic mass is 15.0. The summed E-state index contributed by atoms with van der Waals surface area (Å²) in [5.41, 5.74) is 24.0. The van der Waals surface area contributed by atoms with Crippen LogP contribution in [0.1, 0.15) is 0 Å². The Balaban J connectivity index is 0.743. The molecule has 0 aliphatic rings. The van der Waals surface area contributed by atoms with E-state index in [9.17, 15) is 0 Å². The highest BCUT2D eigenvalue weighted by molar-refractivity contribution is 6.13. The van der Waals surface area contributed by atoms with Gasteiger partial charge in [-0.15, -0.1) is 0 Å².